The predicted octanol–water partition coefficient (Wildman–Crippen LogP) is 0.648. The van der Waals surface area contributed by atoms with Gasteiger partial charge in [0.1, 0.15) is 23.9 Å². The molecule has 254 valence electrons. The standard InChI is InChI=1S/C34H47NO11/c1-7-35-15-31(16-41-3)20(37)13-21(42-4)33-19-14-32(40)28(45-30(39)18-11-9-8-10-12-18)22(19)34(46-17(2)36,27(38)29(32)44-6)23(26(33)35)24(43-5)25(31)33/h8-12,19-29,37-38,40H,7,13-16H2,1-6H3/t19-,20-,21+,22-,23?,24+,25-,26-,27+,28-,29+,31+,32-,33+,34-/m1/s1. The van der Waals surface area contributed by atoms with Crippen molar-refractivity contribution in [1.29, 1.82) is 0 Å². The Hall–Kier alpha value is -2.16. The maximum absolute atomic E-state index is 13.8. The third-order valence-corrected chi connectivity index (χ3v) is 13.2. The van der Waals surface area contributed by atoms with Crippen molar-refractivity contribution >= 4 is 11.9 Å². The number of hydrogen-bond acceptors (Lipinski definition) is 12. The zero-order valence-corrected chi connectivity index (χ0v) is 27.3. The molecule has 7 rings (SSSR count). The number of hydrogen-bond donors (Lipinski definition) is 3. The first kappa shape index (κ1) is 32.4. The minimum absolute atomic E-state index is 0.0791. The lowest BCUT2D eigenvalue weighted by Gasteiger charge is -2.70. The van der Waals surface area contributed by atoms with Crippen molar-refractivity contribution < 1.29 is 53.3 Å². The second-order valence-corrected chi connectivity index (χ2v) is 14.4. The molecule has 0 aromatic heterocycles. The van der Waals surface area contributed by atoms with Gasteiger partial charge in [0.25, 0.3) is 0 Å². The monoisotopic (exact) mass is 645 g/mol. The van der Waals surface area contributed by atoms with Gasteiger partial charge in [-0.1, -0.05) is 25.1 Å². The number of nitrogens with zero attached hydrogens (tertiary/aromatic N) is 1. The average Bonchev–Trinajstić information content (AvgIpc) is 3.41. The van der Waals surface area contributed by atoms with Gasteiger partial charge in [-0.25, -0.2) is 4.79 Å². The summed E-state index contributed by atoms with van der Waals surface area (Å²) in [6.45, 7) is 4.68. The van der Waals surface area contributed by atoms with Crippen LogP contribution in [0.15, 0.2) is 30.3 Å². The van der Waals surface area contributed by atoms with E-state index in [-0.39, 0.29) is 25.0 Å². The Bertz CT molecular complexity index is 1360. The maximum Gasteiger partial charge on any atom is 0.338 e. The van der Waals surface area contributed by atoms with Crippen LogP contribution in [0.2, 0.25) is 0 Å². The largest absolute Gasteiger partial charge is 0.455 e. The number of benzene rings is 1. The van der Waals surface area contributed by atoms with Crippen molar-refractivity contribution in [3.63, 3.8) is 0 Å². The van der Waals surface area contributed by atoms with Crippen molar-refractivity contribution in [2.45, 2.75) is 80.6 Å². The molecular formula is C34H47NO11. The van der Waals surface area contributed by atoms with Crippen molar-refractivity contribution in [3.8, 4) is 0 Å². The van der Waals surface area contributed by atoms with Gasteiger partial charge in [0.2, 0.25) is 0 Å². The van der Waals surface area contributed by atoms with Crippen LogP contribution >= 0.6 is 0 Å². The molecule has 5 aliphatic carbocycles. The molecule has 5 saturated carbocycles. The fourth-order valence-electron chi connectivity index (χ4n) is 12.3. The number of aliphatic hydroxyl groups excluding tert-OH is 2. The number of carbonyl (C=O) groups is 2. The van der Waals surface area contributed by atoms with Crippen LogP contribution in [-0.4, -0.2) is 134 Å². The Morgan fingerprint density at radius 2 is 1.72 bits per heavy atom. The van der Waals surface area contributed by atoms with E-state index in [1.807, 2.05) is 6.92 Å². The lowest BCUT2D eigenvalue weighted by molar-refractivity contribution is -0.322. The molecule has 1 spiro atoms. The summed E-state index contributed by atoms with van der Waals surface area (Å²) in [5.74, 6) is -3.65. The molecule has 15 atom stereocenters. The number of likely N-dealkylation sites (tertiary alicyclic amines) is 1. The van der Waals surface area contributed by atoms with E-state index in [1.54, 1.807) is 51.7 Å². The van der Waals surface area contributed by atoms with E-state index in [0.29, 0.717) is 25.1 Å². The van der Waals surface area contributed by atoms with Gasteiger partial charge in [0.05, 0.1) is 30.5 Å². The lowest BCUT2D eigenvalue weighted by Crippen LogP contribution is -2.81. The summed E-state index contributed by atoms with van der Waals surface area (Å²) >= 11 is 0. The van der Waals surface area contributed by atoms with Crippen LogP contribution < -0.4 is 0 Å². The Morgan fingerprint density at radius 3 is 2.30 bits per heavy atom. The van der Waals surface area contributed by atoms with Gasteiger partial charge < -0.3 is 43.7 Å². The van der Waals surface area contributed by atoms with Crippen LogP contribution in [0, 0.1) is 34.5 Å². The number of aliphatic hydroxyl groups is 3. The van der Waals surface area contributed by atoms with Crippen LogP contribution in [0.5, 0.6) is 0 Å². The van der Waals surface area contributed by atoms with E-state index in [2.05, 4.69) is 4.90 Å². The van der Waals surface area contributed by atoms with Crippen LogP contribution in [-0.2, 0) is 33.2 Å². The molecule has 46 heavy (non-hydrogen) atoms. The highest BCUT2D eigenvalue weighted by atomic mass is 16.6. The molecule has 6 fully saturated rings. The summed E-state index contributed by atoms with van der Waals surface area (Å²) in [5, 5.41) is 37.3. The molecule has 12 heteroatoms. The SMILES string of the molecule is CCN1C[C@]2(COC)[C@H](O)C[C@H](OC)[C@@]34[C@@H]5C[C@@]6(O)[C@H](OC(=O)c7ccccc7)[C@@H]5[C@@](OC(C)=O)(C([C@H](OC)[C@H]23)[C@@H]14)[C@@H](O)[C@@H]6OC. The molecule has 1 aromatic carbocycles. The fraction of sp³-hybridized carbons (Fsp3) is 0.765. The van der Waals surface area contributed by atoms with E-state index < -0.39 is 88.3 Å². The Labute approximate surface area is 269 Å². The normalized spacial score (nSPS) is 49.9. The molecule has 1 unspecified atom stereocenters. The predicted molar refractivity (Wildman–Crippen MR) is 160 cm³/mol. The Morgan fingerprint density at radius 1 is 1.00 bits per heavy atom. The number of carbonyl (C=O) groups excluding carboxylic acids is 2. The summed E-state index contributed by atoms with van der Waals surface area (Å²) in [5.41, 5.74) is -4.79. The number of fused-ring (bicyclic) bond motifs is 2. The Balaban J connectivity index is 1.53. The summed E-state index contributed by atoms with van der Waals surface area (Å²) in [6.07, 6.45) is -5.49. The fourth-order valence-corrected chi connectivity index (χ4v) is 12.3. The van der Waals surface area contributed by atoms with Gasteiger partial charge in [-0.3, -0.25) is 9.69 Å². The first-order valence-corrected chi connectivity index (χ1v) is 16.3. The zero-order chi connectivity index (χ0) is 33.0. The molecule has 3 N–H and O–H groups in total. The number of methoxy groups -OCH3 is 4. The van der Waals surface area contributed by atoms with Gasteiger partial charge >= 0.3 is 11.9 Å². The second kappa shape index (κ2) is 10.9. The summed E-state index contributed by atoms with van der Waals surface area (Å²) < 4.78 is 37.4. The molecule has 12 nitrogen and oxygen atoms in total. The molecule has 1 aliphatic heterocycles. The quantitative estimate of drug-likeness (QED) is 0.323. The molecule has 1 aromatic rings. The number of piperidine rings is 1. The van der Waals surface area contributed by atoms with Crippen LogP contribution in [0.1, 0.15) is 37.0 Å². The van der Waals surface area contributed by atoms with E-state index in [1.165, 1.54) is 14.0 Å². The molecule has 6 aliphatic rings. The smallest absolute Gasteiger partial charge is 0.338 e. The first-order valence-electron chi connectivity index (χ1n) is 16.3. The molecule has 0 amide bonds. The van der Waals surface area contributed by atoms with Gasteiger partial charge in [-0.2, -0.15) is 0 Å². The summed E-state index contributed by atoms with van der Waals surface area (Å²) in [7, 11) is 6.27. The highest BCUT2D eigenvalue weighted by molar-refractivity contribution is 5.89. The molecule has 1 saturated heterocycles. The molecular weight excluding hydrogens is 598 g/mol. The lowest BCUT2D eigenvalue weighted by atomic mass is 9.42. The summed E-state index contributed by atoms with van der Waals surface area (Å²) in [4.78, 5) is 29.3. The molecule has 1 heterocycles. The second-order valence-electron chi connectivity index (χ2n) is 14.4. The average molecular weight is 646 g/mol. The topological polar surface area (TPSA) is 153 Å². The van der Waals surface area contributed by atoms with Gasteiger partial charge in [-0.15, -0.1) is 0 Å². The van der Waals surface area contributed by atoms with E-state index in [9.17, 15) is 24.9 Å². The van der Waals surface area contributed by atoms with Crippen molar-refractivity contribution in [2.24, 2.45) is 34.5 Å². The van der Waals surface area contributed by atoms with Crippen LogP contribution in [0.25, 0.3) is 0 Å². The van der Waals surface area contributed by atoms with Gasteiger partial charge in [0, 0.05) is 83.0 Å². The van der Waals surface area contributed by atoms with Crippen molar-refractivity contribution in [2.75, 3.05) is 48.1 Å². The third kappa shape index (κ3) is 3.62. The highest BCUT2D eigenvalue weighted by Crippen LogP contribution is 2.80. The van der Waals surface area contributed by atoms with E-state index >= 15 is 0 Å². The van der Waals surface area contributed by atoms with Crippen molar-refractivity contribution in [3.05, 3.63) is 35.9 Å². The maximum atomic E-state index is 13.8. The molecule has 0 radical (unpaired) electrons. The van der Waals surface area contributed by atoms with Crippen LogP contribution in [0.3, 0.4) is 0 Å². The highest BCUT2D eigenvalue weighted by Gasteiger charge is 2.92. The number of rotatable bonds is 9. The van der Waals surface area contributed by atoms with E-state index in [0.717, 1.165) is 0 Å². The first-order chi connectivity index (χ1) is 22.0. The van der Waals surface area contributed by atoms with Gasteiger partial charge in [0.15, 0.2) is 5.60 Å². The molecule has 7 bridgehead atoms. The van der Waals surface area contributed by atoms with Crippen molar-refractivity contribution in [1.82, 2.24) is 4.90 Å². The minimum atomic E-state index is -1.83. The number of ether oxygens (including phenoxy) is 6. The number of esters is 2. The van der Waals surface area contributed by atoms with E-state index in [4.69, 9.17) is 28.4 Å². The zero-order valence-electron chi connectivity index (χ0n) is 27.3. The van der Waals surface area contributed by atoms with Gasteiger partial charge in [-0.05, 0) is 31.0 Å². The van der Waals surface area contributed by atoms with Crippen LogP contribution in [0.4, 0.5) is 0 Å². The summed E-state index contributed by atoms with van der Waals surface area (Å²) in [6, 6.07) is 8.18. The third-order valence-electron chi connectivity index (χ3n) is 13.2. The minimum Gasteiger partial charge on any atom is -0.455 e. The Kier molecular flexibility index (Phi) is 7.69.